The monoisotopic (exact) mass is 423 g/mol. The third-order valence-corrected chi connectivity index (χ3v) is 4.82. The van der Waals surface area contributed by atoms with E-state index in [1.54, 1.807) is 6.07 Å². The summed E-state index contributed by atoms with van der Waals surface area (Å²) < 4.78 is 51.7. The van der Waals surface area contributed by atoms with E-state index in [0.717, 1.165) is 31.9 Å². The largest absolute Gasteiger partial charge is 0.463 e. The molecule has 30 heavy (non-hydrogen) atoms. The number of aromatic nitrogens is 3. The number of carbonyl (C=O) groups is 1. The van der Waals surface area contributed by atoms with Crippen molar-refractivity contribution in [3.8, 4) is 11.5 Å². The number of halogens is 3. The highest BCUT2D eigenvalue weighted by molar-refractivity contribution is 5.99. The van der Waals surface area contributed by atoms with Crippen molar-refractivity contribution in [3.05, 3.63) is 41.9 Å². The van der Waals surface area contributed by atoms with Gasteiger partial charge in [0.25, 0.3) is 5.91 Å². The molecule has 8 nitrogen and oxygen atoms in total. The number of furan rings is 1. The summed E-state index contributed by atoms with van der Waals surface area (Å²) in [5.74, 6) is -0.356. The average Bonchev–Trinajstić information content (AvgIpc) is 3.40. The van der Waals surface area contributed by atoms with E-state index in [4.69, 9.17) is 9.15 Å². The van der Waals surface area contributed by atoms with Gasteiger partial charge in [0.05, 0.1) is 25.7 Å². The van der Waals surface area contributed by atoms with E-state index in [2.05, 4.69) is 20.3 Å². The first kappa shape index (κ1) is 20.4. The predicted octanol–water partition coefficient (Wildman–Crippen LogP) is 2.46. The van der Waals surface area contributed by atoms with Gasteiger partial charge in [-0.1, -0.05) is 0 Å². The highest BCUT2D eigenvalue weighted by Crippen LogP contribution is 2.32. The molecule has 11 heteroatoms. The number of nitrogens with one attached hydrogen (secondary N) is 1. The SMILES string of the molecule is O=C(NCCCN1CCOCC1)c1cnn2c(C(F)(F)F)cc(-c3ccco3)nc12. The maximum Gasteiger partial charge on any atom is 0.433 e. The minimum Gasteiger partial charge on any atom is -0.463 e. The summed E-state index contributed by atoms with van der Waals surface area (Å²) >= 11 is 0. The smallest absolute Gasteiger partial charge is 0.433 e. The first-order chi connectivity index (χ1) is 14.4. The Morgan fingerprint density at radius 2 is 2.07 bits per heavy atom. The zero-order valence-electron chi connectivity index (χ0n) is 16.0. The summed E-state index contributed by atoms with van der Waals surface area (Å²) in [6.07, 6.45) is -1.53. The normalized spacial score (nSPS) is 15.6. The Morgan fingerprint density at radius 3 is 2.77 bits per heavy atom. The van der Waals surface area contributed by atoms with Crippen LogP contribution in [0.3, 0.4) is 0 Å². The van der Waals surface area contributed by atoms with Crippen molar-refractivity contribution in [2.75, 3.05) is 39.4 Å². The maximum atomic E-state index is 13.5. The minimum absolute atomic E-state index is 0.0262. The highest BCUT2D eigenvalue weighted by Gasteiger charge is 2.36. The molecule has 4 heterocycles. The molecule has 1 amide bonds. The summed E-state index contributed by atoms with van der Waals surface area (Å²) in [5, 5.41) is 6.49. The number of amides is 1. The van der Waals surface area contributed by atoms with Crippen molar-refractivity contribution in [1.29, 1.82) is 0 Å². The molecule has 1 aliphatic rings. The van der Waals surface area contributed by atoms with E-state index < -0.39 is 17.8 Å². The van der Waals surface area contributed by atoms with E-state index in [-0.39, 0.29) is 22.7 Å². The molecule has 160 valence electrons. The van der Waals surface area contributed by atoms with Crippen LogP contribution < -0.4 is 5.32 Å². The molecule has 1 aliphatic heterocycles. The van der Waals surface area contributed by atoms with Gasteiger partial charge in [0.2, 0.25) is 0 Å². The first-order valence-electron chi connectivity index (χ1n) is 9.51. The fourth-order valence-electron chi connectivity index (χ4n) is 3.30. The van der Waals surface area contributed by atoms with Crippen LogP contribution in [0.15, 0.2) is 35.1 Å². The molecule has 0 unspecified atom stereocenters. The second-order valence-electron chi connectivity index (χ2n) is 6.86. The van der Waals surface area contributed by atoms with Gasteiger partial charge in [-0.3, -0.25) is 9.69 Å². The van der Waals surface area contributed by atoms with Gasteiger partial charge < -0.3 is 14.5 Å². The van der Waals surface area contributed by atoms with Crippen molar-refractivity contribution < 1.29 is 27.1 Å². The van der Waals surface area contributed by atoms with Crippen molar-refractivity contribution in [2.24, 2.45) is 0 Å². The van der Waals surface area contributed by atoms with Crippen LogP contribution >= 0.6 is 0 Å². The molecule has 0 aromatic carbocycles. The van der Waals surface area contributed by atoms with Crippen molar-refractivity contribution >= 4 is 11.6 Å². The topological polar surface area (TPSA) is 84.9 Å². The number of rotatable bonds is 6. The zero-order valence-corrected chi connectivity index (χ0v) is 16.0. The van der Waals surface area contributed by atoms with Crippen molar-refractivity contribution in [2.45, 2.75) is 12.6 Å². The zero-order chi connectivity index (χ0) is 21.1. The second kappa shape index (κ2) is 8.44. The Hall–Kier alpha value is -2.92. The molecule has 1 N–H and O–H groups in total. The highest BCUT2D eigenvalue weighted by atomic mass is 19.4. The summed E-state index contributed by atoms with van der Waals surface area (Å²) in [7, 11) is 0. The van der Waals surface area contributed by atoms with Crippen LogP contribution in [0.2, 0.25) is 0 Å². The van der Waals surface area contributed by atoms with E-state index in [1.807, 2.05) is 0 Å². The van der Waals surface area contributed by atoms with Gasteiger partial charge in [0, 0.05) is 19.6 Å². The minimum atomic E-state index is -4.68. The number of nitrogens with zero attached hydrogens (tertiary/aromatic N) is 4. The van der Waals surface area contributed by atoms with Gasteiger partial charge in [-0.05, 0) is 31.2 Å². The van der Waals surface area contributed by atoms with E-state index in [0.29, 0.717) is 30.7 Å². The molecular formula is C19H20F3N5O3. The Kier molecular flexibility index (Phi) is 5.73. The lowest BCUT2D eigenvalue weighted by Crippen LogP contribution is -2.38. The van der Waals surface area contributed by atoms with Gasteiger partial charge in [-0.25, -0.2) is 9.50 Å². The number of alkyl halides is 3. The lowest BCUT2D eigenvalue weighted by atomic mass is 10.2. The van der Waals surface area contributed by atoms with Crippen LogP contribution in [0.25, 0.3) is 17.1 Å². The molecule has 3 aromatic heterocycles. The first-order valence-corrected chi connectivity index (χ1v) is 9.51. The molecule has 0 atom stereocenters. The van der Waals surface area contributed by atoms with E-state index in [9.17, 15) is 18.0 Å². The van der Waals surface area contributed by atoms with Crippen LogP contribution in [0.5, 0.6) is 0 Å². The fraction of sp³-hybridized carbons (Fsp3) is 0.421. The molecule has 0 saturated carbocycles. The van der Waals surface area contributed by atoms with Crippen LogP contribution in [0, 0.1) is 0 Å². The standard InChI is InChI=1S/C19H20F3N5O3/c20-19(21,22)16-11-14(15-3-1-8-30-15)25-17-13(12-24-27(16)17)18(28)23-4-2-5-26-6-9-29-10-7-26/h1,3,8,11-12H,2,4-7,9-10H2,(H,23,28). The number of hydrogen-bond acceptors (Lipinski definition) is 6. The third kappa shape index (κ3) is 4.31. The molecule has 0 spiro atoms. The van der Waals surface area contributed by atoms with Crippen molar-refractivity contribution in [1.82, 2.24) is 24.8 Å². The maximum absolute atomic E-state index is 13.5. The third-order valence-electron chi connectivity index (χ3n) is 4.82. The van der Waals surface area contributed by atoms with Crippen LogP contribution in [0.1, 0.15) is 22.5 Å². The molecule has 0 aliphatic carbocycles. The van der Waals surface area contributed by atoms with Gasteiger partial charge in [0.1, 0.15) is 11.3 Å². The number of carbonyl (C=O) groups excluding carboxylic acids is 1. The molecule has 0 radical (unpaired) electrons. The summed E-state index contributed by atoms with van der Waals surface area (Å²) in [4.78, 5) is 19.0. The van der Waals surface area contributed by atoms with E-state index in [1.165, 1.54) is 12.3 Å². The summed E-state index contributed by atoms with van der Waals surface area (Å²) in [6, 6.07) is 3.90. The quantitative estimate of drug-likeness (QED) is 0.614. The van der Waals surface area contributed by atoms with Gasteiger partial charge in [0.15, 0.2) is 17.1 Å². The Morgan fingerprint density at radius 1 is 1.27 bits per heavy atom. The van der Waals surface area contributed by atoms with Gasteiger partial charge in [-0.2, -0.15) is 18.3 Å². The van der Waals surface area contributed by atoms with Crippen LogP contribution in [-0.4, -0.2) is 64.8 Å². The van der Waals surface area contributed by atoms with Crippen LogP contribution in [-0.2, 0) is 10.9 Å². The number of morpholine rings is 1. The van der Waals surface area contributed by atoms with Gasteiger partial charge >= 0.3 is 6.18 Å². The Labute approximate surface area is 169 Å². The molecule has 1 saturated heterocycles. The Balaban J connectivity index is 1.53. The van der Waals surface area contributed by atoms with E-state index >= 15 is 0 Å². The lowest BCUT2D eigenvalue weighted by Gasteiger charge is -2.26. The number of ether oxygens (including phenoxy) is 1. The fourth-order valence-corrected chi connectivity index (χ4v) is 3.30. The number of hydrogen-bond donors (Lipinski definition) is 1. The van der Waals surface area contributed by atoms with Gasteiger partial charge in [-0.15, -0.1) is 0 Å². The average molecular weight is 423 g/mol. The predicted molar refractivity (Wildman–Crippen MR) is 99.9 cm³/mol. The van der Waals surface area contributed by atoms with Crippen LogP contribution in [0.4, 0.5) is 13.2 Å². The summed E-state index contributed by atoms with van der Waals surface area (Å²) in [6.45, 7) is 4.28. The molecule has 0 bridgehead atoms. The molecular weight excluding hydrogens is 403 g/mol. The van der Waals surface area contributed by atoms with Crippen molar-refractivity contribution in [3.63, 3.8) is 0 Å². The Bertz CT molecular complexity index is 1010. The summed E-state index contributed by atoms with van der Waals surface area (Å²) in [5.41, 5.74) is -1.27. The molecule has 1 fully saturated rings. The molecule has 4 rings (SSSR count). The lowest BCUT2D eigenvalue weighted by molar-refractivity contribution is -0.142. The number of fused-ring (bicyclic) bond motifs is 1. The second-order valence-corrected chi connectivity index (χ2v) is 6.86. The molecule has 3 aromatic rings.